The molecule has 0 fully saturated rings. The molecule has 2 N–H and O–H groups in total. The maximum absolute atomic E-state index is 11.8. The van der Waals surface area contributed by atoms with E-state index in [1.165, 1.54) is 23.1 Å². The Morgan fingerprint density at radius 2 is 2.00 bits per heavy atom. The standard InChI is InChI=1S/C13H13N3O3S2/c1-8-2-4-9(5-3-8)10(17)6-19-11(18)7-20-13-16-15-12(14)21-13/h2-5H,6-7H2,1H3,(H2,14,15). The van der Waals surface area contributed by atoms with Crippen LogP contribution in [0.1, 0.15) is 15.9 Å². The van der Waals surface area contributed by atoms with Crippen LogP contribution in [-0.2, 0) is 9.53 Å². The summed E-state index contributed by atoms with van der Waals surface area (Å²) in [5.74, 6) is -0.641. The van der Waals surface area contributed by atoms with Gasteiger partial charge in [0.1, 0.15) is 0 Å². The van der Waals surface area contributed by atoms with Crippen molar-refractivity contribution < 1.29 is 14.3 Å². The van der Waals surface area contributed by atoms with E-state index < -0.39 is 5.97 Å². The zero-order valence-corrected chi connectivity index (χ0v) is 12.9. The molecule has 0 amide bonds. The lowest BCUT2D eigenvalue weighted by atomic mass is 10.1. The zero-order chi connectivity index (χ0) is 15.2. The van der Waals surface area contributed by atoms with Crippen LogP contribution in [0.5, 0.6) is 0 Å². The highest BCUT2D eigenvalue weighted by atomic mass is 32.2. The number of ketones is 1. The number of rotatable bonds is 6. The number of anilines is 1. The molecule has 2 rings (SSSR count). The molecule has 0 saturated carbocycles. The van der Waals surface area contributed by atoms with Crippen LogP contribution in [0.25, 0.3) is 0 Å². The van der Waals surface area contributed by atoms with E-state index in [0.717, 1.165) is 5.56 Å². The van der Waals surface area contributed by atoms with Gasteiger partial charge in [-0.05, 0) is 6.92 Å². The van der Waals surface area contributed by atoms with E-state index in [9.17, 15) is 9.59 Å². The predicted molar refractivity (Wildman–Crippen MR) is 81.5 cm³/mol. The summed E-state index contributed by atoms with van der Waals surface area (Å²) >= 11 is 2.37. The lowest BCUT2D eigenvalue weighted by Crippen LogP contribution is -2.15. The second-order valence-electron chi connectivity index (χ2n) is 4.14. The molecule has 1 heterocycles. The summed E-state index contributed by atoms with van der Waals surface area (Å²) in [7, 11) is 0. The minimum Gasteiger partial charge on any atom is -0.457 e. The maximum Gasteiger partial charge on any atom is 0.316 e. The number of thioether (sulfide) groups is 1. The second-order valence-corrected chi connectivity index (χ2v) is 6.38. The lowest BCUT2D eigenvalue weighted by molar-refractivity contribution is -0.139. The molecule has 110 valence electrons. The molecule has 0 aliphatic heterocycles. The first-order valence-corrected chi connectivity index (χ1v) is 7.82. The van der Waals surface area contributed by atoms with Gasteiger partial charge in [-0.2, -0.15) is 0 Å². The van der Waals surface area contributed by atoms with Crippen molar-refractivity contribution >= 4 is 40.0 Å². The Balaban J connectivity index is 1.75. The molecule has 0 atom stereocenters. The monoisotopic (exact) mass is 323 g/mol. The number of Topliss-reactive ketones (excluding diaryl/α,β-unsaturated/α-hetero) is 1. The SMILES string of the molecule is Cc1ccc(C(=O)COC(=O)CSc2nnc(N)s2)cc1. The minimum atomic E-state index is -0.478. The van der Waals surface area contributed by atoms with Gasteiger partial charge in [-0.15, -0.1) is 10.2 Å². The van der Waals surface area contributed by atoms with Crippen LogP contribution in [0.4, 0.5) is 5.13 Å². The third kappa shape index (κ3) is 4.83. The fraction of sp³-hybridized carbons (Fsp3) is 0.231. The van der Waals surface area contributed by atoms with Crippen molar-refractivity contribution in [2.24, 2.45) is 0 Å². The van der Waals surface area contributed by atoms with Gasteiger partial charge in [0.05, 0.1) is 5.75 Å². The molecule has 0 aliphatic carbocycles. The molecule has 0 unspecified atom stereocenters. The van der Waals surface area contributed by atoms with E-state index in [-0.39, 0.29) is 18.1 Å². The van der Waals surface area contributed by atoms with Gasteiger partial charge in [-0.1, -0.05) is 52.9 Å². The van der Waals surface area contributed by atoms with Crippen LogP contribution in [0.15, 0.2) is 28.6 Å². The summed E-state index contributed by atoms with van der Waals surface area (Å²) in [6.45, 7) is 1.67. The van der Waals surface area contributed by atoms with Crippen LogP contribution < -0.4 is 5.73 Å². The Morgan fingerprint density at radius 1 is 1.29 bits per heavy atom. The van der Waals surface area contributed by atoms with Gasteiger partial charge in [-0.25, -0.2) is 0 Å². The summed E-state index contributed by atoms with van der Waals surface area (Å²) in [5, 5.41) is 7.75. The first-order chi connectivity index (χ1) is 10.0. The molecule has 0 bridgehead atoms. The fourth-order valence-electron chi connectivity index (χ4n) is 1.41. The number of esters is 1. The molecule has 6 nitrogen and oxygen atoms in total. The average molecular weight is 323 g/mol. The number of hydrogen-bond donors (Lipinski definition) is 1. The van der Waals surface area contributed by atoms with Crippen LogP contribution in [-0.4, -0.2) is 34.3 Å². The quantitative estimate of drug-likeness (QED) is 0.493. The number of aryl methyl sites for hydroxylation is 1. The number of aromatic nitrogens is 2. The number of ether oxygens (including phenoxy) is 1. The maximum atomic E-state index is 11.8. The van der Waals surface area contributed by atoms with E-state index in [1.54, 1.807) is 12.1 Å². The molecule has 0 saturated heterocycles. The van der Waals surface area contributed by atoms with Crippen molar-refractivity contribution in [1.82, 2.24) is 10.2 Å². The van der Waals surface area contributed by atoms with Gasteiger partial charge in [0.15, 0.2) is 16.7 Å². The largest absolute Gasteiger partial charge is 0.457 e. The zero-order valence-electron chi connectivity index (χ0n) is 11.2. The summed E-state index contributed by atoms with van der Waals surface area (Å²) in [5.41, 5.74) is 7.02. The Bertz CT molecular complexity index is 640. The van der Waals surface area contributed by atoms with E-state index in [0.29, 0.717) is 15.0 Å². The lowest BCUT2D eigenvalue weighted by Gasteiger charge is -2.03. The Labute approximate surface area is 129 Å². The summed E-state index contributed by atoms with van der Waals surface area (Å²) < 4.78 is 5.52. The predicted octanol–water partition coefficient (Wildman–Crippen LogP) is 1.95. The number of carbonyl (C=O) groups is 2. The van der Waals surface area contributed by atoms with Crippen LogP contribution in [0.3, 0.4) is 0 Å². The van der Waals surface area contributed by atoms with Crippen LogP contribution in [0, 0.1) is 6.92 Å². The van der Waals surface area contributed by atoms with E-state index in [1.807, 2.05) is 19.1 Å². The molecule has 21 heavy (non-hydrogen) atoms. The van der Waals surface area contributed by atoms with Crippen LogP contribution in [0.2, 0.25) is 0 Å². The average Bonchev–Trinajstić information content (AvgIpc) is 2.89. The number of nitrogen functional groups attached to an aromatic ring is 1. The number of nitrogens with zero attached hydrogens (tertiary/aromatic N) is 2. The van der Waals surface area contributed by atoms with Crippen molar-refractivity contribution in [1.29, 1.82) is 0 Å². The van der Waals surface area contributed by atoms with Gasteiger partial charge in [0.2, 0.25) is 5.13 Å². The third-order valence-corrected chi connectivity index (χ3v) is 4.33. The summed E-state index contributed by atoms with van der Waals surface area (Å²) in [4.78, 5) is 23.4. The van der Waals surface area contributed by atoms with Gasteiger partial charge < -0.3 is 10.5 Å². The molecular formula is C13H13N3O3S2. The number of benzene rings is 1. The van der Waals surface area contributed by atoms with Crippen molar-refractivity contribution in [3.8, 4) is 0 Å². The molecule has 2 aromatic rings. The van der Waals surface area contributed by atoms with Gasteiger partial charge in [0, 0.05) is 5.56 Å². The minimum absolute atomic E-state index is 0.0653. The molecule has 8 heteroatoms. The molecule has 1 aromatic carbocycles. The number of nitrogens with two attached hydrogens (primary N) is 1. The smallest absolute Gasteiger partial charge is 0.316 e. The highest BCUT2D eigenvalue weighted by Crippen LogP contribution is 2.23. The normalized spacial score (nSPS) is 10.3. The van der Waals surface area contributed by atoms with Gasteiger partial charge in [0.25, 0.3) is 0 Å². The molecular weight excluding hydrogens is 310 g/mol. The Morgan fingerprint density at radius 3 is 2.62 bits per heavy atom. The molecule has 0 radical (unpaired) electrons. The van der Waals surface area contributed by atoms with E-state index in [4.69, 9.17) is 10.5 Å². The summed E-state index contributed by atoms with van der Waals surface area (Å²) in [6, 6.07) is 7.10. The second kappa shape index (κ2) is 7.19. The Kier molecular flexibility index (Phi) is 5.29. The highest BCUT2D eigenvalue weighted by molar-refractivity contribution is 8.01. The fourth-order valence-corrected chi connectivity index (χ4v) is 2.84. The molecule has 0 aliphatic rings. The number of hydrogen-bond acceptors (Lipinski definition) is 8. The van der Waals surface area contributed by atoms with Crippen LogP contribution >= 0.6 is 23.1 Å². The van der Waals surface area contributed by atoms with Gasteiger partial charge >= 0.3 is 5.97 Å². The van der Waals surface area contributed by atoms with E-state index in [2.05, 4.69) is 10.2 Å². The Hall–Kier alpha value is -1.93. The first kappa shape index (κ1) is 15.5. The van der Waals surface area contributed by atoms with Gasteiger partial charge in [-0.3, -0.25) is 9.59 Å². The highest BCUT2D eigenvalue weighted by Gasteiger charge is 2.11. The van der Waals surface area contributed by atoms with E-state index >= 15 is 0 Å². The third-order valence-electron chi connectivity index (χ3n) is 2.47. The molecule has 1 aromatic heterocycles. The van der Waals surface area contributed by atoms with Crippen molar-refractivity contribution in [2.45, 2.75) is 11.3 Å². The molecule has 0 spiro atoms. The topological polar surface area (TPSA) is 95.2 Å². The summed E-state index contributed by atoms with van der Waals surface area (Å²) in [6.07, 6.45) is 0. The van der Waals surface area contributed by atoms with Crippen molar-refractivity contribution in [2.75, 3.05) is 18.1 Å². The van der Waals surface area contributed by atoms with Crippen molar-refractivity contribution in [3.05, 3.63) is 35.4 Å². The van der Waals surface area contributed by atoms with Crippen molar-refractivity contribution in [3.63, 3.8) is 0 Å². The number of carbonyl (C=O) groups excluding carboxylic acids is 2. The first-order valence-electron chi connectivity index (χ1n) is 6.02.